The Hall–Kier alpha value is -3.28. The van der Waals surface area contributed by atoms with Crippen molar-refractivity contribution in [1.82, 2.24) is 4.90 Å². The summed E-state index contributed by atoms with van der Waals surface area (Å²) in [7, 11) is 1.57. The molecule has 29 heavy (non-hydrogen) atoms. The van der Waals surface area contributed by atoms with Gasteiger partial charge < -0.3 is 14.8 Å². The zero-order chi connectivity index (χ0) is 21.0. The molecule has 1 aliphatic rings. The summed E-state index contributed by atoms with van der Waals surface area (Å²) < 4.78 is 11.0. The third kappa shape index (κ3) is 4.11. The van der Waals surface area contributed by atoms with E-state index in [0.717, 1.165) is 17.7 Å². The van der Waals surface area contributed by atoms with Gasteiger partial charge in [0.25, 0.3) is 11.8 Å². The first-order chi connectivity index (χ1) is 14.0. The normalized spacial score (nSPS) is 13.9. The van der Waals surface area contributed by atoms with Crippen molar-refractivity contribution < 1.29 is 19.1 Å². The average molecular weight is 394 g/mol. The zero-order valence-electron chi connectivity index (χ0n) is 17.2. The highest BCUT2D eigenvalue weighted by atomic mass is 16.5. The minimum atomic E-state index is -0.345. The molecule has 152 valence electrons. The van der Waals surface area contributed by atoms with E-state index in [9.17, 15) is 9.59 Å². The number of anilines is 1. The Balaban J connectivity index is 2.04. The molecule has 0 unspecified atom stereocenters. The Morgan fingerprint density at radius 2 is 1.72 bits per heavy atom. The molecule has 6 heteroatoms. The molecule has 2 aromatic carbocycles. The summed E-state index contributed by atoms with van der Waals surface area (Å²) in [5, 5.41) is 3.15. The average Bonchev–Trinajstić information content (AvgIpc) is 2.96. The number of imide groups is 1. The number of amides is 2. The lowest BCUT2D eigenvalue weighted by molar-refractivity contribution is -0.136. The van der Waals surface area contributed by atoms with Crippen LogP contribution in [0.5, 0.6) is 11.5 Å². The maximum atomic E-state index is 13.0. The van der Waals surface area contributed by atoms with Gasteiger partial charge in [0.1, 0.15) is 17.2 Å². The maximum absolute atomic E-state index is 13.0. The van der Waals surface area contributed by atoms with Crippen LogP contribution in [-0.4, -0.2) is 37.0 Å². The van der Waals surface area contributed by atoms with Gasteiger partial charge in [-0.1, -0.05) is 25.1 Å². The Labute approximate surface area is 171 Å². The number of methoxy groups -OCH3 is 1. The van der Waals surface area contributed by atoms with E-state index in [1.165, 1.54) is 4.90 Å². The molecule has 6 nitrogen and oxygen atoms in total. The number of carbonyl (C=O) groups is 2. The Morgan fingerprint density at radius 1 is 1.00 bits per heavy atom. The Bertz CT molecular complexity index is 948. The summed E-state index contributed by atoms with van der Waals surface area (Å²) in [4.78, 5) is 27.2. The molecular weight excluding hydrogens is 368 g/mol. The predicted octanol–water partition coefficient (Wildman–Crippen LogP) is 4.00. The van der Waals surface area contributed by atoms with Gasteiger partial charge in [-0.2, -0.15) is 0 Å². The van der Waals surface area contributed by atoms with Gasteiger partial charge in [0.05, 0.1) is 25.0 Å². The summed E-state index contributed by atoms with van der Waals surface area (Å²) in [6, 6.07) is 12.9. The second kappa shape index (κ2) is 8.82. The number of benzene rings is 2. The monoisotopic (exact) mass is 394 g/mol. The van der Waals surface area contributed by atoms with Crippen molar-refractivity contribution in [3.63, 3.8) is 0 Å². The molecule has 3 rings (SSSR count). The highest BCUT2D eigenvalue weighted by Crippen LogP contribution is 2.34. The fourth-order valence-corrected chi connectivity index (χ4v) is 3.24. The molecule has 0 saturated heterocycles. The van der Waals surface area contributed by atoms with Crippen LogP contribution in [-0.2, 0) is 9.59 Å². The smallest absolute Gasteiger partial charge is 0.278 e. The molecule has 0 fully saturated rings. The van der Waals surface area contributed by atoms with Crippen molar-refractivity contribution in [2.45, 2.75) is 27.2 Å². The van der Waals surface area contributed by atoms with E-state index in [4.69, 9.17) is 9.47 Å². The number of nitrogens with zero attached hydrogens (tertiary/aromatic N) is 1. The molecule has 0 aliphatic carbocycles. The molecule has 1 aliphatic heterocycles. The van der Waals surface area contributed by atoms with Crippen molar-refractivity contribution in [1.29, 1.82) is 0 Å². The van der Waals surface area contributed by atoms with Crippen LogP contribution < -0.4 is 14.8 Å². The standard InChI is InChI=1S/C23H26N2O4/c1-5-13-29-17-10-8-16(9-11-17)20-21(23(27)25(6-2)22(20)26)24-18-14-15(3)7-12-19(18)28-4/h7-12,14,24H,5-6,13H2,1-4H3. The second-order valence-corrected chi connectivity index (χ2v) is 6.81. The van der Waals surface area contributed by atoms with Crippen molar-refractivity contribution >= 4 is 23.1 Å². The number of likely N-dealkylation sites (N-methyl/N-ethyl adjacent to an activating group) is 1. The fraction of sp³-hybridized carbons (Fsp3) is 0.304. The number of hydrogen-bond donors (Lipinski definition) is 1. The van der Waals surface area contributed by atoms with Crippen LogP contribution >= 0.6 is 0 Å². The predicted molar refractivity (Wildman–Crippen MR) is 113 cm³/mol. The number of ether oxygens (including phenoxy) is 2. The lowest BCUT2D eigenvalue weighted by Gasteiger charge is -2.14. The quantitative estimate of drug-likeness (QED) is 0.686. The molecule has 0 radical (unpaired) electrons. The first-order valence-electron chi connectivity index (χ1n) is 9.75. The first kappa shape index (κ1) is 20.5. The molecule has 0 aromatic heterocycles. The highest BCUT2D eigenvalue weighted by molar-refractivity contribution is 6.36. The third-order valence-corrected chi connectivity index (χ3v) is 4.71. The number of aryl methyl sites for hydroxylation is 1. The first-order valence-corrected chi connectivity index (χ1v) is 9.75. The molecule has 1 heterocycles. The van der Waals surface area contributed by atoms with Crippen molar-refractivity contribution in [3.8, 4) is 11.5 Å². The highest BCUT2D eigenvalue weighted by Gasteiger charge is 2.38. The summed E-state index contributed by atoms with van der Waals surface area (Å²) in [5.41, 5.74) is 2.92. The van der Waals surface area contributed by atoms with E-state index in [0.29, 0.717) is 35.7 Å². The number of hydrogen-bond acceptors (Lipinski definition) is 5. The van der Waals surface area contributed by atoms with Crippen LogP contribution in [0, 0.1) is 6.92 Å². The molecule has 0 bridgehead atoms. The molecule has 0 saturated carbocycles. The van der Waals surface area contributed by atoms with E-state index < -0.39 is 0 Å². The molecule has 2 amide bonds. The summed E-state index contributed by atoms with van der Waals surface area (Å²) in [6.07, 6.45) is 0.914. The van der Waals surface area contributed by atoms with Crippen LogP contribution in [0.15, 0.2) is 48.2 Å². The van der Waals surface area contributed by atoms with Crippen LogP contribution in [0.2, 0.25) is 0 Å². The Kier molecular flexibility index (Phi) is 6.22. The van der Waals surface area contributed by atoms with Gasteiger partial charge in [0, 0.05) is 6.54 Å². The van der Waals surface area contributed by atoms with Crippen molar-refractivity contribution in [3.05, 3.63) is 59.3 Å². The topological polar surface area (TPSA) is 67.9 Å². The summed E-state index contributed by atoms with van der Waals surface area (Å²) >= 11 is 0. The van der Waals surface area contributed by atoms with Gasteiger partial charge in [-0.05, 0) is 55.7 Å². The minimum absolute atomic E-state index is 0.253. The molecule has 1 N–H and O–H groups in total. The van der Waals surface area contributed by atoms with E-state index in [1.54, 1.807) is 26.2 Å². The van der Waals surface area contributed by atoms with Crippen LogP contribution in [0.3, 0.4) is 0 Å². The third-order valence-electron chi connectivity index (χ3n) is 4.71. The van der Waals surface area contributed by atoms with E-state index in [2.05, 4.69) is 5.32 Å². The van der Waals surface area contributed by atoms with Gasteiger partial charge in [0.15, 0.2) is 0 Å². The number of nitrogens with one attached hydrogen (secondary N) is 1. The van der Waals surface area contributed by atoms with Gasteiger partial charge in [-0.15, -0.1) is 0 Å². The van der Waals surface area contributed by atoms with Crippen molar-refractivity contribution in [2.75, 3.05) is 25.6 Å². The van der Waals surface area contributed by atoms with Gasteiger partial charge >= 0.3 is 0 Å². The van der Waals surface area contributed by atoms with E-state index in [1.807, 2.05) is 44.2 Å². The second-order valence-electron chi connectivity index (χ2n) is 6.81. The zero-order valence-corrected chi connectivity index (χ0v) is 17.2. The fourth-order valence-electron chi connectivity index (χ4n) is 3.24. The SMILES string of the molecule is CCCOc1ccc(C2=C(Nc3cc(C)ccc3OC)C(=O)N(CC)C2=O)cc1. The van der Waals surface area contributed by atoms with E-state index >= 15 is 0 Å². The van der Waals surface area contributed by atoms with Crippen LogP contribution in [0.4, 0.5) is 5.69 Å². The lowest BCUT2D eigenvalue weighted by atomic mass is 10.0. The lowest BCUT2D eigenvalue weighted by Crippen LogP contribution is -2.32. The van der Waals surface area contributed by atoms with Gasteiger partial charge in [-0.25, -0.2) is 0 Å². The molecule has 0 atom stereocenters. The van der Waals surface area contributed by atoms with Gasteiger partial charge in [0.2, 0.25) is 0 Å². The van der Waals surface area contributed by atoms with Crippen LogP contribution in [0.1, 0.15) is 31.4 Å². The minimum Gasteiger partial charge on any atom is -0.495 e. The van der Waals surface area contributed by atoms with Crippen molar-refractivity contribution in [2.24, 2.45) is 0 Å². The van der Waals surface area contributed by atoms with E-state index in [-0.39, 0.29) is 17.5 Å². The summed E-state index contributed by atoms with van der Waals surface area (Å²) in [5.74, 6) is 0.673. The molecule has 2 aromatic rings. The maximum Gasteiger partial charge on any atom is 0.278 e. The largest absolute Gasteiger partial charge is 0.495 e. The number of rotatable bonds is 8. The van der Waals surface area contributed by atoms with Crippen LogP contribution in [0.25, 0.3) is 5.57 Å². The summed E-state index contributed by atoms with van der Waals surface area (Å²) in [6.45, 7) is 6.71. The molecular formula is C23H26N2O4. The number of carbonyl (C=O) groups excluding carboxylic acids is 2. The van der Waals surface area contributed by atoms with Gasteiger partial charge in [-0.3, -0.25) is 14.5 Å². The Morgan fingerprint density at radius 3 is 2.34 bits per heavy atom. The molecule has 0 spiro atoms.